The monoisotopic (exact) mass is 282 g/mol. The number of benzene rings is 1. The highest BCUT2D eigenvalue weighted by Crippen LogP contribution is 2.11. The van der Waals surface area contributed by atoms with Gasteiger partial charge >= 0.3 is 0 Å². The van der Waals surface area contributed by atoms with E-state index in [1.165, 1.54) is 0 Å². The molecule has 0 aliphatic carbocycles. The quantitative estimate of drug-likeness (QED) is 0.729. The van der Waals surface area contributed by atoms with Gasteiger partial charge in [0.1, 0.15) is 5.69 Å². The molecule has 1 N–H and O–H groups in total. The second-order valence-corrected chi connectivity index (χ2v) is 5.04. The molecule has 0 radical (unpaired) electrons. The van der Waals surface area contributed by atoms with Crippen molar-refractivity contribution in [1.82, 2.24) is 19.4 Å². The van der Waals surface area contributed by atoms with E-state index in [1.807, 2.05) is 54.5 Å². The van der Waals surface area contributed by atoms with E-state index in [4.69, 9.17) is 0 Å². The highest BCUT2D eigenvalue weighted by Gasteiger charge is 2.07. The molecular weight excluding hydrogens is 264 g/mol. The van der Waals surface area contributed by atoms with Crippen LogP contribution in [0.1, 0.15) is 16.9 Å². The van der Waals surface area contributed by atoms with Gasteiger partial charge < -0.3 is 14.5 Å². The van der Waals surface area contributed by atoms with Crippen molar-refractivity contribution in [1.29, 1.82) is 0 Å². The van der Waals surface area contributed by atoms with Crippen LogP contribution < -0.4 is 5.32 Å². The summed E-state index contributed by atoms with van der Waals surface area (Å²) in [6, 6.07) is 11.7. The van der Waals surface area contributed by atoms with E-state index in [2.05, 4.69) is 20.9 Å². The Labute approximate surface area is 123 Å². The number of nitrogens with zero attached hydrogens (tertiary/aromatic N) is 3. The fraction of sp³-hybridized carbons (Fsp3) is 0.250. The topological polar surface area (TPSA) is 51.9 Å². The number of carbonyl (C=O) groups excluding carboxylic acids is 1. The largest absolute Gasteiger partial charge is 0.351 e. The van der Waals surface area contributed by atoms with Crippen molar-refractivity contribution in [2.75, 3.05) is 6.54 Å². The molecule has 1 amide bonds. The van der Waals surface area contributed by atoms with Crippen LogP contribution in [0.25, 0.3) is 11.0 Å². The Morgan fingerprint density at radius 1 is 1.24 bits per heavy atom. The molecule has 5 nitrogen and oxygen atoms in total. The number of hydrogen-bond donors (Lipinski definition) is 1. The van der Waals surface area contributed by atoms with Gasteiger partial charge in [-0.25, -0.2) is 4.98 Å². The van der Waals surface area contributed by atoms with Gasteiger partial charge in [-0.3, -0.25) is 4.79 Å². The predicted molar refractivity (Wildman–Crippen MR) is 82.1 cm³/mol. The van der Waals surface area contributed by atoms with Crippen LogP contribution in [0.5, 0.6) is 0 Å². The fourth-order valence-electron chi connectivity index (χ4n) is 2.43. The van der Waals surface area contributed by atoms with E-state index in [1.54, 1.807) is 0 Å². The van der Waals surface area contributed by atoms with Crippen molar-refractivity contribution in [2.24, 2.45) is 7.05 Å². The summed E-state index contributed by atoms with van der Waals surface area (Å²) in [5, 5.41) is 2.94. The van der Waals surface area contributed by atoms with E-state index >= 15 is 0 Å². The van der Waals surface area contributed by atoms with Crippen LogP contribution in [-0.4, -0.2) is 26.6 Å². The number of rotatable bonds is 5. The molecular formula is C16H18N4O. The third-order valence-electron chi connectivity index (χ3n) is 3.57. The Morgan fingerprint density at radius 2 is 2.10 bits per heavy atom. The number of aromatic nitrogens is 3. The van der Waals surface area contributed by atoms with Gasteiger partial charge in [-0.2, -0.15) is 0 Å². The average Bonchev–Trinajstić information content (AvgIpc) is 3.10. The molecule has 1 aromatic carbocycles. The zero-order valence-electron chi connectivity index (χ0n) is 12.0. The summed E-state index contributed by atoms with van der Waals surface area (Å²) < 4.78 is 3.93. The molecule has 0 aliphatic rings. The maximum absolute atomic E-state index is 11.9. The third-order valence-corrected chi connectivity index (χ3v) is 3.57. The number of fused-ring (bicyclic) bond motifs is 1. The second kappa shape index (κ2) is 5.83. The summed E-state index contributed by atoms with van der Waals surface area (Å²) in [6.07, 6.45) is 4.59. The zero-order valence-corrected chi connectivity index (χ0v) is 12.0. The lowest BCUT2D eigenvalue weighted by atomic mass is 10.3. The van der Waals surface area contributed by atoms with Crippen LogP contribution in [0.4, 0.5) is 0 Å². The van der Waals surface area contributed by atoms with Gasteiger partial charge in [0, 0.05) is 26.3 Å². The van der Waals surface area contributed by atoms with Crippen molar-refractivity contribution in [3.8, 4) is 0 Å². The molecule has 0 unspecified atom stereocenters. The SMILES string of the molecule is Cn1cccc1C(=O)NCCCn1cnc2ccccc21. The number of amides is 1. The first-order chi connectivity index (χ1) is 10.3. The Morgan fingerprint density at radius 3 is 2.90 bits per heavy atom. The number of imidazole rings is 1. The van der Waals surface area contributed by atoms with Gasteiger partial charge in [0.15, 0.2) is 0 Å². The number of aryl methyl sites for hydroxylation is 2. The molecule has 0 aliphatic heterocycles. The summed E-state index contributed by atoms with van der Waals surface area (Å²) in [4.78, 5) is 16.3. The number of nitrogens with one attached hydrogen (secondary N) is 1. The maximum Gasteiger partial charge on any atom is 0.267 e. The number of carbonyl (C=O) groups is 1. The number of hydrogen-bond acceptors (Lipinski definition) is 2. The van der Waals surface area contributed by atoms with Crippen LogP contribution in [-0.2, 0) is 13.6 Å². The first kappa shape index (κ1) is 13.4. The van der Waals surface area contributed by atoms with Crippen molar-refractivity contribution >= 4 is 16.9 Å². The van der Waals surface area contributed by atoms with Crippen LogP contribution in [0, 0.1) is 0 Å². The maximum atomic E-state index is 11.9. The lowest BCUT2D eigenvalue weighted by Crippen LogP contribution is -2.26. The highest BCUT2D eigenvalue weighted by atomic mass is 16.1. The Bertz CT molecular complexity index is 756. The Balaban J connectivity index is 1.53. The first-order valence-electron chi connectivity index (χ1n) is 7.05. The summed E-state index contributed by atoms with van der Waals surface area (Å²) in [6.45, 7) is 1.49. The normalized spacial score (nSPS) is 10.9. The molecule has 2 heterocycles. The lowest BCUT2D eigenvalue weighted by molar-refractivity contribution is 0.0944. The summed E-state index contributed by atoms with van der Waals surface area (Å²) >= 11 is 0. The molecule has 3 aromatic rings. The molecule has 2 aromatic heterocycles. The summed E-state index contributed by atoms with van der Waals surface area (Å²) in [5.74, 6) is -0.0296. The Kier molecular flexibility index (Phi) is 3.73. The van der Waals surface area contributed by atoms with Gasteiger partial charge in [0.05, 0.1) is 17.4 Å². The van der Waals surface area contributed by atoms with Crippen molar-refractivity contribution < 1.29 is 4.79 Å². The minimum absolute atomic E-state index is 0.0296. The second-order valence-electron chi connectivity index (χ2n) is 5.04. The van der Waals surface area contributed by atoms with Gasteiger partial charge in [0.25, 0.3) is 5.91 Å². The third kappa shape index (κ3) is 2.81. The van der Waals surface area contributed by atoms with E-state index in [0.29, 0.717) is 12.2 Å². The smallest absolute Gasteiger partial charge is 0.267 e. The highest BCUT2D eigenvalue weighted by molar-refractivity contribution is 5.92. The molecule has 3 rings (SSSR count). The van der Waals surface area contributed by atoms with Gasteiger partial charge in [-0.1, -0.05) is 12.1 Å². The van der Waals surface area contributed by atoms with Crippen molar-refractivity contribution in [3.05, 3.63) is 54.6 Å². The molecule has 0 saturated carbocycles. The van der Waals surface area contributed by atoms with Gasteiger partial charge in [-0.05, 0) is 30.7 Å². The molecule has 0 atom stereocenters. The van der Waals surface area contributed by atoms with E-state index in [9.17, 15) is 4.79 Å². The van der Waals surface area contributed by atoms with Crippen LogP contribution >= 0.6 is 0 Å². The van der Waals surface area contributed by atoms with Gasteiger partial charge in [0.2, 0.25) is 0 Å². The first-order valence-corrected chi connectivity index (χ1v) is 7.05. The lowest BCUT2D eigenvalue weighted by Gasteiger charge is -2.07. The molecule has 0 saturated heterocycles. The van der Waals surface area contributed by atoms with Crippen LogP contribution in [0.3, 0.4) is 0 Å². The molecule has 5 heteroatoms. The zero-order chi connectivity index (χ0) is 14.7. The van der Waals surface area contributed by atoms with E-state index in [0.717, 1.165) is 24.0 Å². The standard InChI is InChI=1S/C16H18N4O/c1-19-10-4-8-15(19)16(21)17-9-5-11-20-12-18-13-6-2-3-7-14(13)20/h2-4,6-8,10,12H,5,9,11H2,1H3,(H,17,21). The fourth-order valence-corrected chi connectivity index (χ4v) is 2.43. The molecule has 108 valence electrons. The van der Waals surface area contributed by atoms with E-state index < -0.39 is 0 Å². The molecule has 0 fully saturated rings. The average molecular weight is 282 g/mol. The van der Waals surface area contributed by atoms with Crippen LogP contribution in [0.2, 0.25) is 0 Å². The number of para-hydroxylation sites is 2. The molecule has 0 spiro atoms. The predicted octanol–water partition coefficient (Wildman–Crippen LogP) is 2.19. The molecule has 0 bridgehead atoms. The van der Waals surface area contributed by atoms with Crippen LogP contribution in [0.15, 0.2) is 48.9 Å². The van der Waals surface area contributed by atoms with Crippen molar-refractivity contribution in [3.63, 3.8) is 0 Å². The van der Waals surface area contributed by atoms with E-state index in [-0.39, 0.29) is 5.91 Å². The summed E-state index contributed by atoms with van der Waals surface area (Å²) in [7, 11) is 1.87. The minimum Gasteiger partial charge on any atom is -0.351 e. The molecule has 21 heavy (non-hydrogen) atoms. The van der Waals surface area contributed by atoms with Crippen molar-refractivity contribution in [2.45, 2.75) is 13.0 Å². The summed E-state index contributed by atoms with van der Waals surface area (Å²) in [5.41, 5.74) is 2.82. The Hall–Kier alpha value is -2.56. The minimum atomic E-state index is -0.0296. The van der Waals surface area contributed by atoms with Gasteiger partial charge in [-0.15, -0.1) is 0 Å².